The van der Waals surface area contributed by atoms with Crippen LogP contribution in [0.15, 0.2) is 19.0 Å². The van der Waals surface area contributed by atoms with Crippen LogP contribution in [0.4, 0.5) is 0 Å². The van der Waals surface area contributed by atoms with Crippen LogP contribution in [0.5, 0.6) is 0 Å². The SMILES string of the molecule is C=CC(C)NCc1ncnn1CC. The highest BCUT2D eigenvalue weighted by molar-refractivity contribution is 4.88. The van der Waals surface area contributed by atoms with Gasteiger partial charge in [0.2, 0.25) is 0 Å². The molecule has 13 heavy (non-hydrogen) atoms. The maximum atomic E-state index is 4.15. The van der Waals surface area contributed by atoms with E-state index in [0.29, 0.717) is 6.04 Å². The molecule has 0 saturated carbocycles. The number of hydrogen-bond donors (Lipinski definition) is 1. The summed E-state index contributed by atoms with van der Waals surface area (Å²) in [5.74, 6) is 0.969. The first-order valence-corrected chi connectivity index (χ1v) is 4.50. The second kappa shape index (κ2) is 4.77. The van der Waals surface area contributed by atoms with E-state index in [-0.39, 0.29) is 0 Å². The highest BCUT2D eigenvalue weighted by Crippen LogP contribution is 1.94. The van der Waals surface area contributed by atoms with Gasteiger partial charge in [0.05, 0.1) is 6.54 Å². The Kier molecular flexibility index (Phi) is 3.64. The van der Waals surface area contributed by atoms with E-state index in [4.69, 9.17) is 0 Å². The van der Waals surface area contributed by atoms with E-state index in [1.807, 2.05) is 10.8 Å². The molecule has 1 rings (SSSR count). The Balaban J connectivity index is 2.48. The van der Waals surface area contributed by atoms with Crippen molar-refractivity contribution in [1.29, 1.82) is 0 Å². The Bertz CT molecular complexity index is 266. The molecule has 1 unspecified atom stereocenters. The van der Waals surface area contributed by atoms with Gasteiger partial charge in [-0.25, -0.2) is 9.67 Å². The monoisotopic (exact) mass is 180 g/mol. The smallest absolute Gasteiger partial charge is 0.140 e. The van der Waals surface area contributed by atoms with Crippen LogP contribution in [0.25, 0.3) is 0 Å². The van der Waals surface area contributed by atoms with Crippen LogP contribution in [0.1, 0.15) is 19.7 Å². The second-order valence-corrected chi connectivity index (χ2v) is 2.90. The van der Waals surface area contributed by atoms with Gasteiger partial charge in [0, 0.05) is 12.6 Å². The molecule has 0 fully saturated rings. The molecule has 1 N–H and O–H groups in total. The van der Waals surface area contributed by atoms with Crippen molar-refractivity contribution in [1.82, 2.24) is 20.1 Å². The molecule has 1 aromatic rings. The fraction of sp³-hybridized carbons (Fsp3) is 0.556. The van der Waals surface area contributed by atoms with Crippen molar-refractivity contribution in [2.24, 2.45) is 0 Å². The van der Waals surface area contributed by atoms with Crippen LogP contribution >= 0.6 is 0 Å². The third-order valence-electron chi connectivity index (χ3n) is 1.93. The number of aromatic nitrogens is 3. The zero-order valence-electron chi connectivity index (χ0n) is 8.20. The lowest BCUT2D eigenvalue weighted by atomic mass is 10.3. The lowest BCUT2D eigenvalue weighted by molar-refractivity contribution is 0.553. The van der Waals surface area contributed by atoms with Gasteiger partial charge in [-0.2, -0.15) is 5.10 Å². The van der Waals surface area contributed by atoms with E-state index >= 15 is 0 Å². The molecule has 1 aromatic heterocycles. The first-order valence-electron chi connectivity index (χ1n) is 4.50. The van der Waals surface area contributed by atoms with E-state index in [2.05, 4.69) is 35.8 Å². The van der Waals surface area contributed by atoms with Crippen molar-refractivity contribution in [3.8, 4) is 0 Å². The molecule has 0 aromatic carbocycles. The number of nitrogens with one attached hydrogen (secondary N) is 1. The molecule has 1 atom stereocenters. The standard InChI is InChI=1S/C9H16N4/c1-4-8(3)10-6-9-11-7-12-13(9)5-2/h4,7-8,10H,1,5-6H2,2-3H3. The van der Waals surface area contributed by atoms with Gasteiger partial charge in [0.1, 0.15) is 12.2 Å². The normalized spacial score (nSPS) is 12.8. The predicted molar refractivity (Wildman–Crippen MR) is 52.2 cm³/mol. The maximum absolute atomic E-state index is 4.15. The van der Waals surface area contributed by atoms with Gasteiger partial charge in [-0.05, 0) is 13.8 Å². The third-order valence-corrected chi connectivity index (χ3v) is 1.93. The summed E-state index contributed by atoms with van der Waals surface area (Å²) in [6, 6.07) is 0.307. The van der Waals surface area contributed by atoms with Gasteiger partial charge in [-0.1, -0.05) is 6.08 Å². The summed E-state index contributed by atoms with van der Waals surface area (Å²) in [6.45, 7) is 9.40. The molecule has 0 saturated heterocycles. The average Bonchev–Trinajstić information content (AvgIpc) is 2.61. The first kappa shape index (κ1) is 9.92. The number of rotatable bonds is 5. The Hall–Kier alpha value is -1.16. The molecule has 1 heterocycles. The van der Waals surface area contributed by atoms with Crippen LogP contribution < -0.4 is 5.32 Å². The zero-order valence-corrected chi connectivity index (χ0v) is 8.20. The van der Waals surface area contributed by atoms with Gasteiger partial charge in [-0.3, -0.25) is 0 Å². The summed E-state index contributed by atoms with van der Waals surface area (Å²) in [4.78, 5) is 4.15. The van der Waals surface area contributed by atoms with Crippen molar-refractivity contribution in [3.05, 3.63) is 24.8 Å². The molecule has 0 aliphatic rings. The van der Waals surface area contributed by atoms with E-state index in [1.165, 1.54) is 0 Å². The van der Waals surface area contributed by atoms with E-state index in [9.17, 15) is 0 Å². The predicted octanol–water partition coefficient (Wildman–Crippen LogP) is 0.962. The van der Waals surface area contributed by atoms with E-state index in [0.717, 1.165) is 18.9 Å². The Morgan fingerprint density at radius 1 is 1.77 bits per heavy atom. The lowest BCUT2D eigenvalue weighted by Crippen LogP contribution is -2.25. The molecule has 4 nitrogen and oxygen atoms in total. The molecule has 0 bridgehead atoms. The summed E-state index contributed by atoms with van der Waals surface area (Å²) in [5.41, 5.74) is 0. The van der Waals surface area contributed by atoms with E-state index in [1.54, 1.807) is 6.33 Å². The molecular weight excluding hydrogens is 164 g/mol. The quantitative estimate of drug-likeness (QED) is 0.686. The Labute approximate surface area is 78.7 Å². The second-order valence-electron chi connectivity index (χ2n) is 2.90. The topological polar surface area (TPSA) is 42.7 Å². The van der Waals surface area contributed by atoms with Crippen molar-refractivity contribution in [3.63, 3.8) is 0 Å². The minimum Gasteiger partial charge on any atom is -0.304 e. The van der Waals surface area contributed by atoms with Crippen molar-refractivity contribution in [2.75, 3.05) is 0 Å². The first-order chi connectivity index (χ1) is 6.27. The highest BCUT2D eigenvalue weighted by atomic mass is 15.3. The Morgan fingerprint density at radius 3 is 3.15 bits per heavy atom. The fourth-order valence-corrected chi connectivity index (χ4v) is 1.02. The average molecular weight is 180 g/mol. The van der Waals surface area contributed by atoms with Crippen molar-refractivity contribution >= 4 is 0 Å². The highest BCUT2D eigenvalue weighted by Gasteiger charge is 2.02. The van der Waals surface area contributed by atoms with Gasteiger partial charge in [-0.15, -0.1) is 6.58 Å². The molecule has 4 heteroatoms. The summed E-state index contributed by atoms with van der Waals surface area (Å²) in [5, 5.41) is 7.35. The zero-order chi connectivity index (χ0) is 9.68. The van der Waals surface area contributed by atoms with Crippen LogP contribution in [-0.4, -0.2) is 20.8 Å². The number of nitrogens with zero attached hydrogens (tertiary/aromatic N) is 3. The molecule has 0 aliphatic carbocycles. The Morgan fingerprint density at radius 2 is 2.54 bits per heavy atom. The van der Waals surface area contributed by atoms with Crippen LogP contribution in [-0.2, 0) is 13.1 Å². The molecule has 0 amide bonds. The van der Waals surface area contributed by atoms with Gasteiger partial charge in [0.15, 0.2) is 0 Å². The summed E-state index contributed by atoms with van der Waals surface area (Å²) in [7, 11) is 0. The molecule has 0 aliphatic heterocycles. The van der Waals surface area contributed by atoms with E-state index < -0.39 is 0 Å². The summed E-state index contributed by atoms with van der Waals surface area (Å²) >= 11 is 0. The van der Waals surface area contributed by atoms with Crippen molar-refractivity contribution in [2.45, 2.75) is 33.0 Å². The van der Waals surface area contributed by atoms with Gasteiger partial charge < -0.3 is 5.32 Å². The molecular formula is C9H16N4. The van der Waals surface area contributed by atoms with Crippen LogP contribution in [0.2, 0.25) is 0 Å². The minimum absolute atomic E-state index is 0.307. The van der Waals surface area contributed by atoms with Crippen LogP contribution in [0.3, 0.4) is 0 Å². The fourth-order valence-electron chi connectivity index (χ4n) is 1.02. The summed E-state index contributed by atoms with van der Waals surface area (Å²) < 4.78 is 1.88. The van der Waals surface area contributed by atoms with Gasteiger partial charge in [0.25, 0.3) is 0 Å². The largest absolute Gasteiger partial charge is 0.304 e. The molecule has 0 radical (unpaired) electrons. The third kappa shape index (κ3) is 2.66. The number of hydrogen-bond acceptors (Lipinski definition) is 3. The summed E-state index contributed by atoms with van der Waals surface area (Å²) in [6.07, 6.45) is 3.45. The lowest BCUT2D eigenvalue weighted by Gasteiger charge is -2.08. The van der Waals surface area contributed by atoms with Crippen LogP contribution in [0, 0.1) is 0 Å². The molecule has 0 spiro atoms. The van der Waals surface area contributed by atoms with Gasteiger partial charge >= 0.3 is 0 Å². The van der Waals surface area contributed by atoms with Crippen molar-refractivity contribution < 1.29 is 0 Å². The number of aryl methyl sites for hydroxylation is 1. The maximum Gasteiger partial charge on any atom is 0.140 e. The minimum atomic E-state index is 0.307. The molecule has 72 valence electrons.